The third-order valence-electron chi connectivity index (χ3n) is 7.44. The summed E-state index contributed by atoms with van der Waals surface area (Å²) < 4.78 is 11.8. The highest BCUT2D eigenvalue weighted by Gasteiger charge is 2.20. The number of nitrogens with one attached hydrogen (secondary N) is 1. The van der Waals surface area contributed by atoms with E-state index >= 15 is 0 Å². The molecule has 1 aliphatic carbocycles. The minimum absolute atomic E-state index is 0.177. The number of amides is 1. The first kappa shape index (κ1) is 23.8. The molecule has 0 saturated carbocycles. The molecule has 6 rings (SSSR count). The lowest BCUT2D eigenvalue weighted by molar-refractivity contribution is -0.111. The molecule has 4 heteroatoms. The van der Waals surface area contributed by atoms with Gasteiger partial charge in [0, 0.05) is 33.8 Å². The van der Waals surface area contributed by atoms with Crippen molar-refractivity contribution in [1.29, 1.82) is 0 Å². The zero-order valence-electron chi connectivity index (χ0n) is 22.0. The summed E-state index contributed by atoms with van der Waals surface area (Å²) in [5.74, 6) is 0.530. The van der Waals surface area contributed by atoms with Crippen molar-refractivity contribution >= 4 is 28.1 Å². The van der Waals surface area contributed by atoms with Gasteiger partial charge in [-0.25, -0.2) is 0 Å². The normalized spacial score (nSPS) is 12.4. The number of anilines is 1. The summed E-state index contributed by atoms with van der Waals surface area (Å²) in [7, 11) is 1.65. The Kier molecular flexibility index (Phi) is 5.88. The van der Waals surface area contributed by atoms with Crippen molar-refractivity contribution in [3.05, 3.63) is 113 Å². The Morgan fingerprint density at radius 1 is 0.921 bits per heavy atom. The molecule has 1 aliphatic rings. The largest absolute Gasteiger partial charge is 0.496 e. The fraction of sp³-hybridized carbons (Fsp3) is 0.147. The molecule has 1 amide bonds. The molecule has 1 heterocycles. The van der Waals surface area contributed by atoms with Gasteiger partial charge in [0.05, 0.1) is 13.4 Å². The predicted molar refractivity (Wildman–Crippen MR) is 155 cm³/mol. The van der Waals surface area contributed by atoms with Crippen molar-refractivity contribution in [1.82, 2.24) is 0 Å². The molecule has 188 valence electrons. The number of hydrogen-bond acceptors (Lipinski definition) is 3. The van der Waals surface area contributed by atoms with Crippen LogP contribution in [-0.2, 0) is 11.2 Å². The predicted octanol–water partition coefficient (Wildman–Crippen LogP) is 8.34. The maximum absolute atomic E-state index is 13.1. The lowest BCUT2D eigenvalue weighted by Crippen LogP contribution is -2.09. The molecule has 0 aliphatic heterocycles. The molecule has 0 fully saturated rings. The number of carbonyl (C=O) groups excluding carboxylic acids is 1. The fourth-order valence-corrected chi connectivity index (χ4v) is 5.50. The SMILES string of the molecule is COc1c(/C(C)=C/C(=O)Nc2ccc3c(c2)Cc2ccccc2-3)cc2c(-c3ccc(C)cc3)coc2c1C. The van der Waals surface area contributed by atoms with Crippen LogP contribution in [0.25, 0.3) is 38.8 Å². The highest BCUT2D eigenvalue weighted by atomic mass is 16.5. The minimum atomic E-state index is -0.177. The van der Waals surface area contributed by atoms with E-state index in [9.17, 15) is 4.79 Å². The van der Waals surface area contributed by atoms with Crippen LogP contribution in [0.5, 0.6) is 5.75 Å². The van der Waals surface area contributed by atoms with Crippen molar-refractivity contribution in [3.8, 4) is 28.0 Å². The molecule has 0 unspecified atom stereocenters. The molecule has 5 aromatic rings. The smallest absolute Gasteiger partial charge is 0.248 e. The van der Waals surface area contributed by atoms with Gasteiger partial charge < -0.3 is 14.5 Å². The topological polar surface area (TPSA) is 51.5 Å². The Labute approximate surface area is 222 Å². The molecule has 1 aromatic heterocycles. The van der Waals surface area contributed by atoms with Crippen molar-refractivity contribution in [3.63, 3.8) is 0 Å². The molecule has 4 aromatic carbocycles. The Balaban J connectivity index is 1.31. The summed E-state index contributed by atoms with van der Waals surface area (Å²) in [6, 6.07) is 25.1. The van der Waals surface area contributed by atoms with E-state index in [4.69, 9.17) is 9.15 Å². The van der Waals surface area contributed by atoms with Crippen LogP contribution in [-0.4, -0.2) is 13.0 Å². The van der Waals surface area contributed by atoms with Gasteiger partial charge in [0.15, 0.2) is 0 Å². The van der Waals surface area contributed by atoms with E-state index in [1.165, 1.54) is 27.8 Å². The van der Waals surface area contributed by atoms with Gasteiger partial charge in [-0.15, -0.1) is 0 Å². The number of benzene rings is 4. The van der Waals surface area contributed by atoms with E-state index in [0.717, 1.165) is 50.9 Å². The molecule has 38 heavy (non-hydrogen) atoms. The highest BCUT2D eigenvalue weighted by Crippen LogP contribution is 2.41. The van der Waals surface area contributed by atoms with Crippen molar-refractivity contribution in [2.45, 2.75) is 27.2 Å². The Bertz CT molecular complexity index is 1740. The van der Waals surface area contributed by atoms with E-state index in [0.29, 0.717) is 5.75 Å². The van der Waals surface area contributed by atoms with Crippen LogP contribution >= 0.6 is 0 Å². The number of hydrogen-bond donors (Lipinski definition) is 1. The number of allylic oxidation sites excluding steroid dienone is 1. The first-order chi connectivity index (χ1) is 18.4. The third kappa shape index (κ3) is 4.08. The standard InChI is InChI=1S/C34H29NO3/c1-20-9-11-23(12-10-20)31-19-38-34-22(3)33(37-4)29(18-30(31)34)21(2)15-32(36)35-26-13-14-28-25(17-26)16-24-7-5-6-8-27(24)28/h5-15,17-19H,16H2,1-4H3,(H,35,36)/b21-15+. The van der Waals surface area contributed by atoms with Gasteiger partial charge in [-0.2, -0.15) is 0 Å². The number of furan rings is 1. The molecule has 0 radical (unpaired) electrons. The van der Waals surface area contributed by atoms with Crippen LogP contribution in [0.2, 0.25) is 0 Å². The lowest BCUT2D eigenvalue weighted by Gasteiger charge is -2.13. The van der Waals surface area contributed by atoms with Gasteiger partial charge in [-0.1, -0.05) is 60.2 Å². The van der Waals surface area contributed by atoms with E-state index < -0.39 is 0 Å². The molecule has 0 bridgehead atoms. The van der Waals surface area contributed by atoms with Gasteiger partial charge in [0.25, 0.3) is 0 Å². The summed E-state index contributed by atoms with van der Waals surface area (Å²) in [4.78, 5) is 13.1. The minimum Gasteiger partial charge on any atom is -0.496 e. The molecular formula is C34H29NO3. The van der Waals surface area contributed by atoms with Gasteiger partial charge in [0.2, 0.25) is 5.91 Å². The summed E-state index contributed by atoms with van der Waals surface area (Å²) in [5, 5.41) is 4.05. The first-order valence-corrected chi connectivity index (χ1v) is 12.8. The molecule has 0 saturated heterocycles. The van der Waals surface area contributed by atoms with Crippen LogP contribution in [0.1, 0.15) is 34.7 Å². The van der Waals surface area contributed by atoms with Crippen LogP contribution in [0, 0.1) is 13.8 Å². The summed E-state index contributed by atoms with van der Waals surface area (Å²) in [5.41, 5.74) is 12.6. The van der Waals surface area contributed by atoms with Crippen LogP contribution in [0.3, 0.4) is 0 Å². The van der Waals surface area contributed by atoms with Crippen molar-refractivity contribution in [2.24, 2.45) is 0 Å². The molecular weight excluding hydrogens is 470 g/mol. The number of rotatable bonds is 5. The van der Waals surface area contributed by atoms with Gasteiger partial charge in [-0.05, 0) is 78.8 Å². The van der Waals surface area contributed by atoms with Crippen LogP contribution in [0.15, 0.2) is 89.6 Å². The highest BCUT2D eigenvalue weighted by molar-refractivity contribution is 6.06. The van der Waals surface area contributed by atoms with Crippen molar-refractivity contribution in [2.75, 3.05) is 12.4 Å². The number of ether oxygens (including phenoxy) is 1. The van der Waals surface area contributed by atoms with Gasteiger partial charge >= 0.3 is 0 Å². The average Bonchev–Trinajstić information content (AvgIpc) is 3.50. The Morgan fingerprint density at radius 2 is 1.68 bits per heavy atom. The first-order valence-electron chi connectivity index (χ1n) is 12.8. The van der Waals surface area contributed by atoms with Crippen molar-refractivity contribution < 1.29 is 13.9 Å². The summed E-state index contributed by atoms with van der Waals surface area (Å²) in [6.45, 7) is 6.00. The number of fused-ring (bicyclic) bond motifs is 4. The van der Waals surface area contributed by atoms with E-state index in [-0.39, 0.29) is 5.91 Å². The maximum Gasteiger partial charge on any atom is 0.248 e. The maximum atomic E-state index is 13.1. The summed E-state index contributed by atoms with van der Waals surface area (Å²) >= 11 is 0. The van der Waals surface area contributed by atoms with Crippen LogP contribution in [0.4, 0.5) is 5.69 Å². The van der Waals surface area contributed by atoms with Gasteiger partial charge in [-0.3, -0.25) is 4.79 Å². The van der Waals surface area contributed by atoms with Gasteiger partial charge in [0.1, 0.15) is 11.3 Å². The molecule has 4 nitrogen and oxygen atoms in total. The summed E-state index contributed by atoms with van der Waals surface area (Å²) in [6.07, 6.45) is 4.31. The fourth-order valence-electron chi connectivity index (χ4n) is 5.50. The zero-order valence-corrected chi connectivity index (χ0v) is 22.0. The van der Waals surface area contributed by atoms with Crippen LogP contribution < -0.4 is 10.1 Å². The monoisotopic (exact) mass is 499 g/mol. The molecule has 0 atom stereocenters. The molecule has 0 spiro atoms. The van der Waals surface area contributed by atoms with E-state index in [2.05, 4.69) is 79.0 Å². The number of aryl methyl sites for hydroxylation is 2. The Morgan fingerprint density at radius 3 is 2.47 bits per heavy atom. The zero-order chi connectivity index (χ0) is 26.4. The Hall–Kier alpha value is -4.57. The lowest BCUT2D eigenvalue weighted by atomic mass is 9.96. The third-order valence-corrected chi connectivity index (χ3v) is 7.44. The number of methoxy groups -OCH3 is 1. The second kappa shape index (κ2) is 9.38. The average molecular weight is 500 g/mol. The second-order valence-electron chi connectivity index (χ2n) is 10.00. The van der Waals surface area contributed by atoms with E-state index in [1.807, 2.05) is 19.9 Å². The second-order valence-corrected chi connectivity index (χ2v) is 10.00. The number of carbonyl (C=O) groups is 1. The quantitative estimate of drug-likeness (QED) is 0.243. The molecule has 1 N–H and O–H groups in total. The van der Waals surface area contributed by atoms with E-state index in [1.54, 1.807) is 19.4 Å².